The predicted molar refractivity (Wildman–Crippen MR) is 166 cm³/mol. The van der Waals surface area contributed by atoms with E-state index in [1.165, 1.54) is 64.8 Å². The van der Waals surface area contributed by atoms with E-state index in [-0.39, 0.29) is 0 Å². The summed E-state index contributed by atoms with van der Waals surface area (Å²) >= 11 is 1.69. The maximum Gasteiger partial charge on any atom is 0.0813 e. The number of benzene rings is 6. The van der Waals surface area contributed by atoms with Crippen LogP contribution in [0.1, 0.15) is 0 Å². The van der Waals surface area contributed by atoms with Gasteiger partial charge >= 0.3 is 0 Å². The van der Waals surface area contributed by atoms with Gasteiger partial charge in [-0.05, 0) is 53.9 Å². The Morgan fingerprint density at radius 3 is 2.18 bits per heavy atom. The van der Waals surface area contributed by atoms with Gasteiger partial charge in [0.25, 0.3) is 0 Å². The third-order valence-electron chi connectivity index (χ3n) is 8.03. The fraction of sp³-hybridized carbons (Fsp3) is 0. The van der Waals surface area contributed by atoms with Crippen LogP contribution in [0.4, 0.5) is 0 Å². The summed E-state index contributed by atoms with van der Waals surface area (Å²) in [7, 11) is 0. The zero-order chi connectivity index (χ0) is 25.5. The zero-order valence-corrected chi connectivity index (χ0v) is 21.7. The first-order chi connectivity index (χ1) is 19.3. The van der Waals surface area contributed by atoms with Crippen molar-refractivity contribution in [1.29, 1.82) is 0 Å². The Kier molecular flexibility index (Phi) is 4.21. The Balaban J connectivity index is 1.50. The zero-order valence-electron chi connectivity index (χ0n) is 20.9. The van der Waals surface area contributed by atoms with Crippen LogP contribution >= 0.6 is 11.3 Å². The van der Waals surface area contributed by atoms with E-state index in [4.69, 9.17) is 0 Å². The smallest absolute Gasteiger partial charge is 0.0813 e. The number of nitrogens with zero attached hydrogens (tertiary/aromatic N) is 3. The van der Waals surface area contributed by atoms with Crippen molar-refractivity contribution in [2.75, 3.05) is 0 Å². The Labute approximate surface area is 227 Å². The number of para-hydroxylation sites is 2. The van der Waals surface area contributed by atoms with Crippen molar-refractivity contribution in [2.45, 2.75) is 0 Å². The summed E-state index contributed by atoms with van der Waals surface area (Å²) in [4.78, 5) is 4.51. The minimum Gasteiger partial charge on any atom is -0.309 e. The van der Waals surface area contributed by atoms with E-state index in [1.54, 1.807) is 11.3 Å². The molecule has 3 aromatic heterocycles. The number of hydrogen-bond acceptors (Lipinski definition) is 2. The monoisotopic (exact) mass is 515 g/mol. The molecule has 0 spiro atoms. The molecule has 9 aromatic rings. The summed E-state index contributed by atoms with van der Waals surface area (Å²) in [6.45, 7) is 0. The fourth-order valence-corrected chi connectivity index (χ4v) is 7.06. The minimum atomic E-state index is 1.04. The molecule has 0 amide bonds. The lowest BCUT2D eigenvalue weighted by Gasteiger charge is -2.11. The van der Waals surface area contributed by atoms with E-state index in [0.717, 1.165) is 11.2 Å². The highest BCUT2D eigenvalue weighted by molar-refractivity contribution is 7.16. The SMILES string of the molecule is c1ccc(-n2c3cc4c(cc3c3ccc5ccccc5c32)c2ccccc2n4-c2ccc3ncsc3c2)cc1. The molecule has 182 valence electrons. The van der Waals surface area contributed by atoms with Crippen LogP contribution in [-0.4, -0.2) is 14.1 Å². The Morgan fingerprint density at radius 1 is 0.487 bits per heavy atom. The number of thiazole rings is 1. The molecular weight excluding hydrogens is 494 g/mol. The highest BCUT2D eigenvalue weighted by Crippen LogP contribution is 2.41. The van der Waals surface area contributed by atoms with E-state index < -0.39 is 0 Å². The standard InChI is InChI=1S/C35H21N3S/c1-2-9-23(10-3-1)38-33-20-32-28(19-29(33)27-16-14-22-8-4-5-11-25(22)35(27)38)26-12-6-7-13-31(26)37(32)24-15-17-30-34(18-24)39-21-36-30/h1-21H. The van der Waals surface area contributed by atoms with Gasteiger partial charge in [-0.2, -0.15) is 0 Å². The summed E-state index contributed by atoms with van der Waals surface area (Å²) in [5, 5.41) is 7.60. The lowest BCUT2D eigenvalue weighted by Crippen LogP contribution is -1.96. The van der Waals surface area contributed by atoms with E-state index in [9.17, 15) is 0 Å². The van der Waals surface area contributed by atoms with Gasteiger partial charge < -0.3 is 9.13 Å². The Hall–Kier alpha value is -4.93. The van der Waals surface area contributed by atoms with Crippen LogP contribution in [0.25, 0.3) is 76.0 Å². The second kappa shape index (κ2) is 7.79. The molecule has 0 atom stereocenters. The molecule has 3 heterocycles. The molecule has 0 bridgehead atoms. The van der Waals surface area contributed by atoms with Gasteiger partial charge in [-0.1, -0.05) is 72.8 Å². The topological polar surface area (TPSA) is 22.8 Å². The molecule has 0 unspecified atom stereocenters. The lowest BCUT2D eigenvalue weighted by molar-refractivity contribution is 1.17. The molecule has 0 aliphatic rings. The van der Waals surface area contributed by atoms with Crippen molar-refractivity contribution < 1.29 is 0 Å². The molecule has 9 rings (SSSR count). The first-order valence-corrected chi connectivity index (χ1v) is 14.0. The third-order valence-corrected chi connectivity index (χ3v) is 8.82. The maximum absolute atomic E-state index is 4.51. The molecule has 0 saturated carbocycles. The van der Waals surface area contributed by atoms with Crippen LogP contribution in [0.15, 0.2) is 127 Å². The van der Waals surface area contributed by atoms with Gasteiger partial charge in [-0.3, -0.25) is 0 Å². The van der Waals surface area contributed by atoms with Crippen LogP contribution < -0.4 is 0 Å². The van der Waals surface area contributed by atoms with Crippen molar-refractivity contribution in [3.63, 3.8) is 0 Å². The van der Waals surface area contributed by atoms with Crippen LogP contribution in [0.2, 0.25) is 0 Å². The average Bonchev–Trinajstić information content (AvgIpc) is 3.68. The Bertz CT molecular complexity index is 2390. The molecule has 39 heavy (non-hydrogen) atoms. The van der Waals surface area contributed by atoms with Crippen LogP contribution in [0, 0.1) is 0 Å². The van der Waals surface area contributed by atoms with Gasteiger partial charge in [0.2, 0.25) is 0 Å². The molecular formula is C35H21N3S. The van der Waals surface area contributed by atoms with Crippen LogP contribution in [0.5, 0.6) is 0 Å². The van der Waals surface area contributed by atoms with Crippen LogP contribution in [-0.2, 0) is 0 Å². The molecule has 6 aromatic carbocycles. The quantitative estimate of drug-likeness (QED) is 0.225. The van der Waals surface area contributed by atoms with E-state index in [2.05, 4.69) is 135 Å². The molecule has 0 radical (unpaired) electrons. The molecule has 0 saturated heterocycles. The van der Waals surface area contributed by atoms with E-state index in [0.29, 0.717) is 0 Å². The first kappa shape index (κ1) is 21.1. The highest BCUT2D eigenvalue weighted by Gasteiger charge is 2.19. The van der Waals surface area contributed by atoms with Gasteiger partial charge in [-0.15, -0.1) is 11.3 Å². The van der Waals surface area contributed by atoms with Gasteiger partial charge in [0.1, 0.15) is 0 Å². The molecule has 0 aliphatic heterocycles. The third kappa shape index (κ3) is 2.89. The first-order valence-electron chi connectivity index (χ1n) is 13.1. The number of hydrogen-bond donors (Lipinski definition) is 0. The van der Waals surface area contributed by atoms with Crippen molar-refractivity contribution >= 4 is 75.9 Å². The van der Waals surface area contributed by atoms with Crippen LogP contribution in [0.3, 0.4) is 0 Å². The molecule has 0 fully saturated rings. The molecule has 3 nitrogen and oxygen atoms in total. The fourth-order valence-electron chi connectivity index (χ4n) is 6.34. The Morgan fingerprint density at radius 2 is 1.26 bits per heavy atom. The normalized spacial score (nSPS) is 12.1. The number of fused-ring (bicyclic) bond motifs is 9. The van der Waals surface area contributed by atoms with Crippen molar-refractivity contribution in [1.82, 2.24) is 14.1 Å². The second-order valence-corrected chi connectivity index (χ2v) is 11.0. The lowest BCUT2D eigenvalue weighted by atomic mass is 10.0. The minimum absolute atomic E-state index is 1.04. The summed E-state index contributed by atoms with van der Waals surface area (Å²) < 4.78 is 6.05. The largest absolute Gasteiger partial charge is 0.309 e. The van der Waals surface area contributed by atoms with Crippen molar-refractivity contribution in [3.05, 3.63) is 127 Å². The van der Waals surface area contributed by atoms with Gasteiger partial charge in [-0.25, -0.2) is 4.98 Å². The van der Waals surface area contributed by atoms with E-state index >= 15 is 0 Å². The maximum atomic E-state index is 4.51. The van der Waals surface area contributed by atoms with Gasteiger partial charge in [0, 0.05) is 38.3 Å². The second-order valence-electron chi connectivity index (χ2n) is 10.1. The molecule has 0 aliphatic carbocycles. The van der Waals surface area contributed by atoms with Crippen molar-refractivity contribution in [3.8, 4) is 11.4 Å². The highest BCUT2D eigenvalue weighted by atomic mass is 32.1. The van der Waals surface area contributed by atoms with Crippen molar-refractivity contribution in [2.24, 2.45) is 0 Å². The van der Waals surface area contributed by atoms with Gasteiger partial charge in [0.15, 0.2) is 0 Å². The summed E-state index contributed by atoms with van der Waals surface area (Å²) in [5.74, 6) is 0. The average molecular weight is 516 g/mol. The predicted octanol–water partition coefficient (Wildman–Crippen LogP) is 9.64. The summed E-state index contributed by atoms with van der Waals surface area (Å²) in [6.07, 6.45) is 0. The molecule has 0 N–H and O–H groups in total. The summed E-state index contributed by atoms with van der Waals surface area (Å²) in [5.41, 5.74) is 10.2. The number of rotatable bonds is 2. The number of aromatic nitrogens is 3. The summed E-state index contributed by atoms with van der Waals surface area (Å²) in [6, 6.07) is 44.1. The van der Waals surface area contributed by atoms with E-state index in [1.807, 2.05) is 5.51 Å². The molecule has 4 heteroatoms. The van der Waals surface area contributed by atoms with Gasteiger partial charge in [0.05, 0.1) is 37.8 Å².